The second-order valence-electron chi connectivity index (χ2n) is 5.17. The quantitative estimate of drug-likeness (QED) is 0.855. The lowest BCUT2D eigenvalue weighted by atomic mass is 10.2. The number of nitrogens with one attached hydrogen (secondary N) is 1. The van der Waals surface area contributed by atoms with Crippen LogP contribution in [0.1, 0.15) is 0 Å². The maximum Gasteiger partial charge on any atom is 0.234 e. The van der Waals surface area contributed by atoms with Crippen LogP contribution in [0.3, 0.4) is 0 Å². The number of morpholine rings is 1. The van der Waals surface area contributed by atoms with E-state index in [1.165, 1.54) is 11.8 Å². The van der Waals surface area contributed by atoms with Gasteiger partial charge >= 0.3 is 0 Å². The summed E-state index contributed by atoms with van der Waals surface area (Å²) in [4.78, 5) is 19.4. The van der Waals surface area contributed by atoms with E-state index < -0.39 is 0 Å². The van der Waals surface area contributed by atoms with Gasteiger partial charge in [-0.3, -0.25) is 9.78 Å². The molecule has 1 aromatic carbocycles. The molecule has 1 aliphatic rings. The van der Waals surface area contributed by atoms with Gasteiger partial charge in [0.05, 0.1) is 19.0 Å². The number of aromatic nitrogens is 1. The normalized spacial score (nSPS) is 14.5. The number of benzene rings is 1. The van der Waals surface area contributed by atoms with Crippen molar-refractivity contribution in [2.75, 3.05) is 42.3 Å². The molecule has 0 aliphatic carbocycles. The highest BCUT2D eigenvalue weighted by atomic mass is 32.2. The van der Waals surface area contributed by atoms with Gasteiger partial charge in [0, 0.05) is 41.8 Å². The van der Waals surface area contributed by atoms with E-state index in [0.29, 0.717) is 5.75 Å². The zero-order chi connectivity index (χ0) is 15.9. The van der Waals surface area contributed by atoms with Crippen molar-refractivity contribution < 1.29 is 9.53 Å². The van der Waals surface area contributed by atoms with E-state index in [1.54, 1.807) is 12.4 Å². The first-order chi connectivity index (χ1) is 11.3. The molecule has 23 heavy (non-hydrogen) atoms. The van der Waals surface area contributed by atoms with Crippen LogP contribution in [0.5, 0.6) is 0 Å². The molecule has 2 aromatic rings. The van der Waals surface area contributed by atoms with Crippen molar-refractivity contribution in [2.45, 2.75) is 4.90 Å². The number of carbonyl (C=O) groups excluding carboxylic acids is 1. The third-order valence-corrected chi connectivity index (χ3v) is 4.54. The fourth-order valence-corrected chi connectivity index (χ4v) is 3.07. The standard InChI is InChI=1S/C17H19N3O2S/c21-17(13-23-16-4-6-18-7-5-16)19-14-2-1-3-15(12-14)20-8-10-22-11-9-20/h1-7,12H,8-11,13H2,(H,19,21). The lowest BCUT2D eigenvalue weighted by molar-refractivity contribution is -0.113. The van der Waals surface area contributed by atoms with Crippen molar-refractivity contribution in [2.24, 2.45) is 0 Å². The van der Waals surface area contributed by atoms with Crippen molar-refractivity contribution in [3.63, 3.8) is 0 Å². The molecule has 1 amide bonds. The molecule has 3 rings (SSSR count). The Morgan fingerprint density at radius 1 is 1.22 bits per heavy atom. The van der Waals surface area contributed by atoms with E-state index in [9.17, 15) is 4.79 Å². The molecule has 1 aliphatic heterocycles. The Morgan fingerprint density at radius 2 is 2.00 bits per heavy atom. The summed E-state index contributed by atoms with van der Waals surface area (Å²) >= 11 is 1.50. The summed E-state index contributed by atoms with van der Waals surface area (Å²) in [5.41, 5.74) is 1.95. The zero-order valence-corrected chi connectivity index (χ0v) is 13.6. The third kappa shape index (κ3) is 4.71. The minimum absolute atomic E-state index is 0.00839. The van der Waals surface area contributed by atoms with Crippen LogP contribution in [0, 0.1) is 0 Å². The molecule has 2 heterocycles. The number of carbonyl (C=O) groups is 1. The highest BCUT2D eigenvalue weighted by Gasteiger charge is 2.12. The molecule has 1 N–H and O–H groups in total. The van der Waals surface area contributed by atoms with Crippen molar-refractivity contribution in [1.82, 2.24) is 4.98 Å². The number of amides is 1. The third-order valence-electron chi connectivity index (χ3n) is 3.53. The van der Waals surface area contributed by atoms with Gasteiger partial charge in [0.2, 0.25) is 5.91 Å². The average molecular weight is 329 g/mol. The summed E-state index contributed by atoms with van der Waals surface area (Å²) in [6.45, 7) is 3.27. The molecule has 5 nitrogen and oxygen atoms in total. The summed E-state index contributed by atoms with van der Waals surface area (Å²) in [6.07, 6.45) is 3.46. The SMILES string of the molecule is O=C(CSc1ccncc1)Nc1cccc(N2CCOCC2)c1. The minimum Gasteiger partial charge on any atom is -0.378 e. The Balaban J connectivity index is 1.55. The fraction of sp³-hybridized carbons (Fsp3) is 0.294. The molecule has 0 saturated carbocycles. The number of anilines is 2. The number of rotatable bonds is 5. The molecule has 0 radical (unpaired) electrons. The van der Waals surface area contributed by atoms with Crippen LogP contribution in [-0.2, 0) is 9.53 Å². The van der Waals surface area contributed by atoms with Gasteiger partial charge in [-0.2, -0.15) is 0 Å². The average Bonchev–Trinajstić information content (AvgIpc) is 2.62. The van der Waals surface area contributed by atoms with Crippen LogP contribution in [0.4, 0.5) is 11.4 Å². The van der Waals surface area contributed by atoms with Crippen LogP contribution in [-0.4, -0.2) is 42.9 Å². The summed E-state index contributed by atoms with van der Waals surface area (Å²) in [7, 11) is 0. The Hall–Kier alpha value is -2.05. The molecule has 120 valence electrons. The van der Waals surface area contributed by atoms with Gasteiger partial charge in [-0.1, -0.05) is 6.07 Å². The first-order valence-electron chi connectivity index (χ1n) is 7.57. The predicted molar refractivity (Wildman–Crippen MR) is 93.1 cm³/mol. The summed E-state index contributed by atoms with van der Waals surface area (Å²) in [5.74, 6) is 0.372. The first kappa shape index (κ1) is 15.8. The van der Waals surface area contributed by atoms with Crippen molar-refractivity contribution in [3.05, 3.63) is 48.8 Å². The molecule has 1 fully saturated rings. The van der Waals surface area contributed by atoms with Crippen molar-refractivity contribution >= 4 is 29.0 Å². The van der Waals surface area contributed by atoms with Crippen LogP contribution >= 0.6 is 11.8 Å². The monoisotopic (exact) mass is 329 g/mol. The molecular formula is C17H19N3O2S. The van der Waals surface area contributed by atoms with Gasteiger partial charge < -0.3 is 15.0 Å². The second kappa shape index (κ2) is 7.99. The van der Waals surface area contributed by atoms with E-state index in [2.05, 4.69) is 21.3 Å². The van der Waals surface area contributed by atoms with Gasteiger partial charge in [0.25, 0.3) is 0 Å². The highest BCUT2D eigenvalue weighted by Crippen LogP contribution is 2.21. The largest absolute Gasteiger partial charge is 0.378 e. The molecule has 0 atom stereocenters. The minimum atomic E-state index is -0.00839. The molecule has 1 aromatic heterocycles. The van der Waals surface area contributed by atoms with Crippen LogP contribution in [0.15, 0.2) is 53.7 Å². The van der Waals surface area contributed by atoms with E-state index in [0.717, 1.165) is 42.6 Å². The molecule has 0 unspecified atom stereocenters. The van der Waals surface area contributed by atoms with Crippen molar-refractivity contribution in [3.8, 4) is 0 Å². The van der Waals surface area contributed by atoms with Crippen LogP contribution in [0.25, 0.3) is 0 Å². The summed E-state index contributed by atoms with van der Waals surface area (Å²) < 4.78 is 5.37. The van der Waals surface area contributed by atoms with Gasteiger partial charge in [-0.05, 0) is 30.3 Å². The Morgan fingerprint density at radius 3 is 2.78 bits per heavy atom. The highest BCUT2D eigenvalue weighted by molar-refractivity contribution is 8.00. The van der Waals surface area contributed by atoms with E-state index >= 15 is 0 Å². The first-order valence-corrected chi connectivity index (χ1v) is 8.55. The maximum absolute atomic E-state index is 12.1. The number of pyridine rings is 1. The van der Waals surface area contributed by atoms with E-state index in [1.807, 2.05) is 30.3 Å². The summed E-state index contributed by atoms with van der Waals surface area (Å²) in [6, 6.07) is 11.8. The van der Waals surface area contributed by atoms with Gasteiger partial charge in [0.15, 0.2) is 0 Å². The second-order valence-corrected chi connectivity index (χ2v) is 6.22. The van der Waals surface area contributed by atoms with Crippen LogP contribution in [0.2, 0.25) is 0 Å². The molecule has 0 bridgehead atoms. The fourth-order valence-electron chi connectivity index (χ4n) is 2.38. The number of hydrogen-bond acceptors (Lipinski definition) is 5. The van der Waals surface area contributed by atoms with Gasteiger partial charge in [-0.25, -0.2) is 0 Å². The molecule has 0 spiro atoms. The Kier molecular flexibility index (Phi) is 5.50. The van der Waals surface area contributed by atoms with E-state index in [-0.39, 0.29) is 5.91 Å². The maximum atomic E-state index is 12.1. The smallest absolute Gasteiger partial charge is 0.234 e. The summed E-state index contributed by atoms with van der Waals surface area (Å²) in [5, 5.41) is 2.96. The van der Waals surface area contributed by atoms with Gasteiger partial charge in [-0.15, -0.1) is 11.8 Å². The molecule has 1 saturated heterocycles. The number of ether oxygens (including phenoxy) is 1. The Labute approximate surface area is 140 Å². The van der Waals surface area contributed by atoms with Crippen molar-refractivity contribution in [1.29, 1.82) is 0 Å². The molecular weight excluding hydrogens is 310 g/mol. The number of thioether (sulfide) groups is 1. The topological polar surface area (TPSA) is 54.5 Å². The van der Waals surface area contributed by atoms with Crippen LogP contribution < -0.4 is 10.2 Å². The van der Waals surface area contributed by atoms with E-state index in [4.69, 9.17) is 4.74 Å². The van der Waals surface area contributed by atoms with Gasteiger partial charge in [0.1, 0.15) is 0 Å². The predicted octanol–water partition coefficient (Wildman–Crippen LogP) is 2.65. The molecule has 6 heteroatoms. The number of nitrogens with zero attached hydrogens (tertiary/aromatic N) is 2. The lowest BCUT2D eigenvalue weighted by Gasteiger charge is -2.29. The Bertz CT molecular complexity index is 645. The number of hydrogen-bond donors (Lipinski definition) is 1. The lowest BCUT2D eigenvalue weighted by Crippen LogP contribution is -2.36. The zero-order valence-electron chi connectivity index (χ0n) is 12.8.